The number of aliphatic imine (C=N–C) groups is 1. The van der Waals surface area contributed by atoms with Gasteiger partial charge in [0.1, 0.15) is 22.8 Å². The van der Waals surface area contributed by atoms with Crippen LogP contribution >= 0.6 is 0 Å². The highest BCUT2D eigenvalue weighted by atomic mass is 16.6. The molecular weight excluding hydrogens is 344 g/mol. The van der Waals surface area contributed by atoms with Crippen molar-refractivity contribution in [1.29, 1.82) is 0 Å². The molecule has 0 saturated heterocycles. The first-order chi connectivity index (χ1) is 13.2. The van der Waals surface area contributed by atoms with Crippen molar-refractivity contribution in [3.63, 3.8) is 0 Å². The van der Waals surface area contributed by atoms with E-state index in [1.165, 1.54) is 0 Å². The Bertz CT molecular complexity index is 1050. The second-order valence-electron chi connectivity index (χ2n) is 5.94. The number of hydrogen-bond donors (Lipinski definition) is 0. The molecule has 4 rings (SSSR count). The fourth-order valence-electron chi connectivity index (χ4n) is 2.79. The Morgan fingerprint density at radius 3 is 2.48 bits per heavy atom. The summed E-state index contributed by atoms with van der Waals surface area (Å²) in [5.41, 5.74) is 3.06. The predicted molar refractivity (Wildman–Crippen MR) is 100 cm³/mol. The van der Waals surface area contributed by atoms with Crippen LogP contribution in [0.15, 0.2) is 69.8 Å². The van der Waals surface area contributed by atoms with Gasteiger partial charge >= 0.3 is 5.97 Å². The minimum atomic E-state index is -0.513. The fraction of sp³-hybridized carbons (Fsp3) is 0.0952. The minimum Gasteiger partial charge on any atom is -0.497 e. The third-order valence-corrected chi connectivity index (χ3v) is 4.16. The lowest BCUT2D eigenvalue weighted by Gasteiger charge is -2.01. The van der Waals surface area contributed by atoms with Crippen molar-refractivity contribution < 1.29 is 18.8 Å². The highest BCUT2D eigenvalue weighted by Gasteiger charge is 2.30. The monoisotopic (exact) mass is 360 g/mol. The van der Waals surface area contributed by atoms with Crippen LogP contribution in [0.25, 0.3) is 17.3 Å². The lowest BCUT2D eigenvalue weighted by atomic mass is 10.1. The summed E-state index contributed by atoms with van der Waals surface area (Å²) in [6.45, 7) is 1.76. The van der Waals surface area contributed by atoms with Gasteiger partial charge in [-0.2, -0.15) is 0 Å². The number of hydrogen-bond acceptors (Lipinski definition) is 6. The van der Waals surface area contributed by atoms with Crippen LogP contribution in [0.5, 0.6) is 5.75 Å². The largest absolute Gasteiger partial charge is 0.497 e. The standard InChI is InChI=1S/C21H16N2O4/c1-13-18(19(23-27-13)15-6-4-3-5-7-15)20-22-17(21(24)26-20)12-14-8-10-16(25-2)11-9-14/h3-12H,1-2H3/b17-12-. The molecule has 1 aromatic heterocycles. The summed E-state index contributed by atoms with van der Waals surface area (Å²) in [7, 11) is 1.60. The number of carbonyl (C=O) groups is 1. The summed E-state index contributed by atoms with van der Waals surface area (Å²) in [5.74, 6) is 0.951. The smallest absolute Gasteiger partial charge is 0.363 e. The van der Waals surface area contributed by atoms with E-state index >= 15 is 0 Å². The Morgan fingerprint density at radius 1 is 1.04 bits per heavy atom. The third-order valence-electron chi connectivity index (χ3n) is 4.16. The number of rotatable bonds is 4. The highest BCUT2D eigenvalue weighted by molar-refractivity contribution is 6.15. The minimum absolute atomic E-state index is 0.192. The van der Waals surface area contributed by atoms with Crippen LogP contribution in [0.1, 0.15) is 16.9 Å². The molecule has 6 nitrogen and oxygen atoms in total. The first-order valence-corrected chi connectivity index (χ1v) is 8.34. The van der Waals surface area contributed by atoms with Gasteiger partial charge in [-0.05, 0) is 30.7 Å². The molecule has 27 heavy (non-hydrogen) atoms. The zero-order chi connectivity index (χ0) is 18.8. The van der Waals surface area contributed by atoms with Gasteiger partial charge in [-0.25, -0.2) is 9.79 Å². The zero-order valence-electron chi connectivity index (χ0n) is 14.8. The summed E-state index contributed by atoms with van der Waals surface area (Å²) in [4.78, 5) is 16.7. The fourth-order valence-corrected chi connectivity index (χ4v) is 2.79. The van der Waals surface area contributed by atoms with Crippen LogP contribution < -0.4 is 4.74 Å². The molecule has 2 aromatic carbocycles. The molecule has 3 aromatic rings. The van der Waals surface area contributed by atoms with Crippen LogP contribution in [-0.2, 0) is 9.53 Å². The van der Waals surface area contributed by atoms with Crippen LogP contribution in [-0.4, -0.2) is 24.1 Å². The zero-order valence-corrected chi connectivity index (χ0v) is 14.8. The van der Waals surface area contributed by atoms with Gasteiger partial charge in [-0.15, -0.1) is 0 Å². The molecule has 0 radical (unpaired) electrons. The molecule has 0 spiro atoms. The molecule has 0 atom stereocenters. The van der Waals surface area contributed by atoms with E-state index in [2.05, 4.69) is 10.1 Å². The molecule has 134 valence electrons. The number of ether oxygens (including phenoxy) is 2. The first kappa shape index (κ1) is 16.8. The maximum atomic E-state index is 12.3. The number of nitrogens with zero attached hydrogens (tertiary/aromatic N) is 2. The van der Waals surface area contributed by atoms with Crippen LogP contribution in [0.2, 0.25) is 0 Å². The molecule has 2 heterocycles. The molecule has 1 aliphatic rings. The van der Waals surface area contributed by atoms with Crippen molar-refractivity contribution in [2.75, 3.05) is 7.11 Å². The van der Waals surface area contributed by atoms with Crippen molar-refractivity contribution in [2.24, 2.45) is 4.99 Å². The van der Waals surface area contributed by atoms with Crippen molar-refractivity contribution in [1.82, 2.24) is 5.16 Å². The van der Waals surface area contributed by atoms with Gasteiger partial charge in [-0.3, -0.25) is 0 Å². The predicted octanol–water partition coefficient (Wildman–Crippen LogP) is 4.00. The first-order valence-electron chi connectivity index (χ1n) is 8.34. The molecule has 0 amide bonds. The van der Waals surface area contributed by atoms with E-state index in [9.17, 15) is 4.79 Å². The van der Waals surface area contributed by atoms with Crippen molar-refractivity contribution in [2.45, 2.75) is 6.92 Å². The lowest BCUT2D eigenvalue weighted by molar-refractivity contribution is -0.129. The summed E-state index contributed by atoms with van der Waals surface area (Å²) < 4.78 is 15.9. The van der Waals surface area contributed by atoms with E-state index in [0.717, 1.165) is 16.9 Å². The number of esters is 1. The Hall–Kier alpha value is -3.67. The molecule has 1 aliphatic heterocycles. The molecule has 0 unspecified atom stereocenters. The Morgan fingerprint density at radius 2 is 1.78 bits per heavy atom. The number of cyclic esters (lactones) is 1. The quantitative estimate of drug-likeness (QED) is 0.519. The molecule has 0 bridgehead atoms. The van der Waals surface area contributed by atoms with Gasteiger partial charge in [-0.1, -0.05) is 47.6 Å². The molecule has 6 heteroatoms. The van der Waals surface area contributed by atoms with Gasteiger partial charge in [0.15, 0.2) is 5.70 Å². The van der Waals surface area contributed by atoms with Gasteiger partial charge in [0.05, 0.1) is 7.11 Å². The van der Waals surface area contributed by atoms with E-state index in [4.69, 9.17) is 14.0 Å². The maximum absolute atomic E-state index is 12.3. The van der Waals surface area contributed by atoms with E-state index in [-0.39, 0.29) is 11.6 Å². The van der Waals surface area contributed by atoms with Crippen LogP contribution in [0.3, 0.4) is 0 Å². The third kappa shape index (κ3) is 3.25. The summed E-state index contributed by atoms with van der Waals surface area (Å²) in [6, 6.07) is 16.8. The normalized spacial score (nSPS) is 15.0. The Balaban J connectivity index is 1.71. The van der Waals surface area contributed by atoms with Crippen molar-refractivity contribution in [3.8, 4) is 17.0 Å². The molecule has 0 aliphatic carbocycles. The van der Waals surface area contributed by atoms with Gasteiger partial charge in [0, 0.05) is 5.56 Å². The average molecular weight is 360 g/mol. The average Bonchev–Trinajstić information content (AvgIpc) is 3.25. The second kappa shape index (κ2) is 6.92. The maximum Gasteiger partial charge on any atom is 0.363 e. The van der Waals surface area contributed by atoms with Gasteiger partial charge < -0.3 is 14.0 Å². The van der Waals surface area contributed by atoms with Crippen LogP contribution in [0.4, 0.5) is 0 Å². The molecular formula is C21H16N2O4. The molecule has 0 N–H and O–H groups in total. The Kier molecular flexibility index (Phi) is 4.30. The number of aromatic nitrogens is 1. The van der Waals surface area contributed by atoms with Crippen molar-refractivity contribution >= 4 is 17.9 Å². The molecule has 0 saturated carbocycles. The number of carbonyl (C=O) groups excluding carboxylic acids is 1. The second-order valence-corrected chi connectivity index (χ2v) is 5.94. The Labute approximate surface area is 155 Å². The highest BCUT2D eigenvalue weighted by Crippen LogP contribution is 2.29. The number of methoxy groups -OCH3 is 1. The van der Waals surface area contributed by atoms with Gasteiger partial charge in [0.2, 0.25) is 5.90 Å². The summed E-state index contributed by atoms with van der Waals surface area (Å²) in [5, 5.41) is 4.10. The number of aryl methyl sites for hydroxylation is 1. The van der Waals surface area contributed by atoms with Gasteiger partial charge in [0.25, 0.3) is 0 Å². The van der Waals surface area contributed by atoms with Crippen LogP contribution in [0, 0.1) is 6.92 Å². The van der Waals surface area contributed by atoms with E-state index < -0.39 is 5.97 Å². The van der Waals surface area contributed by atoms with Crippen molar-refractivity contribution in [3.05, 3.63) is 77.2 Å². The summed E-state index contributed by atoms with van der Waals surface area (Å²) in [6.07, 6.45) is 1.67. The van der Waals surface area contributed by atoms with E-state index in [1.54, 1.807) is 20.1 Å². The number of benzene rings is 2. The topological polar surface area (TPSA) is 73.9 Å². The molecule has 0 fully saturated rings. The SMILES string of the molecule is COc1ccc(/C=C2\N=C(c3c(-c4ccccc4)noc3C)OC2=O)cc1. The summed E-state index contributed by atoms with van der Waals surface area (Å²) >= 11 is 0. The lowest BCUT2D eigenvalue weighted by Crippen LogP contribution is -2.07. The van der Waals surface area contributed by atoms with E-state index in [0.29, 0.717) is 17.0 Å². The van der Waals surface area contributed by atoms with E-state index in [1.807, 2.05) is 54.6 Å².